The molecule has 16 heavy (non-hydrogen) atoms. The summed E-state index contributed by atoms with van der Waals surface area (Å²) in [5.74, 6) is -1.76. The van der Waals surface area contributed by atoms with Crippen LogP contribution in [-0.2, 0) is 14.3 Å². The molecule has 2 aliphatic rings. The van der Waals surface area contributed by atoms with Crippen molar-refractivity contribution in [1.82, 2.24) is 0 Å². The number of fused-ring (bicyclic) bond motifs is 1. The number of esters is 1. The highest BCUT2D eigenvalue weighted by molar-refractivity contribution is 8.17. The molecule has 0 saturated carbocycles. The maximum absolute atomic E-state index is 11.6. The lowest BCUT2D eigenvalue weighted by Gasteiger charge is -2.13. The van der Waals surface area contributed by atoms with Gasteiger partial charge in [0.15, 0.2) is 0 Å². The number of hydrogen-bond acceptors (Lipinski definition) is 6. The van der Waals surface area contributed by atoms with Crippen molar-refractivity contribution in [2.75, 3.05) is 6.61 Å². The van der Waals surface area contributed by atoms with E-state index in [1.54, 1.807) is 12.3 Å². The third-order valence-electron chi connectivity index (χ3n) is 2.07. The summed E-state index contributed by atoms with van der Waals surface area (Å²) in [7, 11) is 0. The molecule has 2 N–H and O–H groups in total. The second-order valence-electron chi connectivity index (χ2n) is 3.10. The molecule has 0 saturated heterocycles. The van der Waals surface area contributed by atoms with E-state index in [-0.39, 0.29) is 18.1 Å². The van der Waals surface area contributed by atoms with Crippen molar-refractivity contribution < 1.29 is 14.3 Å². The van der Waals surface area contributed by atoms with Gasteiger partial charge in [0, 0.05) is 0 Å². The van der Waals surface area contributed by atoms with Crippen LogP contribution < -0.4 is 5.73 Å². The molecule has 2 rings (SSSR count). The molecule has 0 fully saturated rings. The summed E-state index contributed by atoms with van der Waals surface area (Å²) in [6.45, 7) is 1.97. The summed E-state index contributed by atoms with van der Waals surface area (Å²) in [6.07, 6.45) is 0. The lowest BCUT2D eigenvalue weighted by Crippen LogP contribution is -2.31. The van der Waals surface area contributed by atoms with Gasteiger partial charge in [-0.25, -0.2) is 9.79 Å². The van der Waals surface area contributed by atoms with Gasteiger partial charge in [0.05, 0.1) is 17.2 Å². The fraction of sp³-hybridized carbons (Fsp3) is 0.333. The maximum atomic E-state index is 11.6. The van der Waals surface area contributed by atoms with Crippen molar-refractivity contribution in [2.45, 2.75) is 6.92 Å². The monoisotopic (exact) mass is 239 g/mol. The zero-order valence-electron chi connectivity index (χ0n) is 8.47. The van der Waals surface area contributed by atoms with Crippen LogP contribution in [0.4, 0.5) is 0 Å². The van der Waals surface area contributed by atoms with E-state index in [1.807, 2.05) is 0 Å². The molecule has 2 heterocycles. The van der Waals surface area contributed by atoms with Crippen LogP contribution in [0.5, 0.6) is 0 Å². The summed E-state index contributed by atoms with van der Waals surface area (Å²) in [5, 5.41) is 2.05. The summed E-state index contributed by atoms with van der Waals surface area (Å²) in [6, 6.07) is 0. The Labute approximate surface area is 95.6 Å². The van der Waals surface area contributed by atoms with E-state index in [0.717, 1.165) is 0 Å². The van der Waals surface area contributed by atoms with Crippen molar-refractivity contribution in [2.24, 2.45) is 21.6 Å². The zero-order valence-corrected chi connectivity index (χ0v) is 9.28. The highest BCUT2D eigenvalue weighted by Crippen LogP contribution is 2.34. The molecule has 0 aliphatic carbocycles. The van der Waals surface area contributed by atoms with Crippen LogP contribution in [0.3, 0.4) is 0 Å². The van der Waals surface area contributed by atoms with Crippen molar-refractivity contribution in [1.29, 1.82) is 0 Å². The van der Waals surface area contributed by atoms with Gasteiger partial charge < -0.3 is 10.5 Å². The number of aliphatic imine (C=N–C) groups is 2. The number of ether oxygens (including phenoxy) is 1. The second kappa shape index (κ2) is 4.09. The van der Waals surface area contributed by atoms with E-state index < -0.39 is 17.8 Å². The van der Waals surface area contributed by atoms with Gasteiger partial charge >= 0.3 is 5.97 Å². The minimum absolute atomic E-state index is 0.0674. The quantitative estimate of drug-likeness (QED) is 0.687. The highest BCUT2D eigenvalue weighted by atomic mass is 32.2. The minimum atomic E-state index is -0.726. The largest absolute Gasteiger partial charge is 0.463 e. The first-order valence-electron chi connectivity index (χ1n) is 4.64. The molecule has 0 unspecified atom stereocenters. The molecule has 0 radical (unpaired) electrons. The highest BCUT2D eigenvalue weighted by Gasteiger charge is 2.39. The minimum Gasteiger partial charge on any atom is -0.463 e. The van der Waals surface area contributed by atoms with Crippen LogP contribution in [0.1, 0.15) is 6.92 Å². The van der Waals surface area contributed by atoms with Crippen LogP contribution in [0.25, 0.3) is 0 Å². The van der Waals surface area contributed by atoms with Crippen molar-refractivity contribution in [3.8, 4) is 0 Å². The normalized spacial score (nSPS) is 23.2. The Morgan fingerprint density at radius 2 is 2.38 bits per heavy atom. The molecule has 6 nitrogen and oxygen atoms in total. The number of nitrogens with two attached hydrogens (primary N) is 1. The number of thioether (sulfide) groups is 1. The Kier molecular flexibility index (Phi) is 2.78. The van der Waals surface area contributed by atoms with Crippen LogP contribution in [0.15, 0.2) is 21.0 Å². The van der Waals surface area contributed by atoms with Gasteiger partial charge in [0.25, 0.3) is 5.91 Å². The fourth-order valence-corrected chi connectivity index (χ4v) is 2.41. The molecular formula is C9H9N3O3S. The van der Waals surface area contributed by atoms with Gasteiger partial charge in [-0.15, -0.1) is 0 Å². The Balaban J connectivity index is 2.25. The Hall–Kier alpha value is -1.63. The molecule has 0 aromatic heterocycles. The molecule has 0 spiro atoms. The summed E-state index contributed by atoms with van der Waals surface area (Å²) < 4.78 is 4.84. The number of hydrogen-bond donors (Lipinski definition) is 1. The molecule has 1 amide bonds. The lowest BCUT2D eigenvalue weighted by molar-refractivity contribution is -0.139. The van der Waals surface area contributed by atoms with E-state index >= 15 is 0 Å². The van der Waals surface area contributed by atoms with Crippen LogP contribution >= 0.6 is 11.8 Å². The molecule has 1 atom stereocenters. The number of carbonyl (C=O) groups is 2. The smallest absolute Gasteiger partial charge is 0.335 e. The first-order valence-corrected chi connectivity index (χ1v) is 5.52. The van der Waals surface area contributed by atoms with Crippen LogP contribution in [0, 0.1) is 5.92 Å². The summed E-state index contributed by atoms with van der Waals surface area (Å²) in [5.41, 5.74) is 5.63. The number of nitrogens with zero attached hydrogens (tertiary/aromatic N) is 2. The van der Waals surface area contributed by atoms with Gasteiger partial charge in [0.2, 0.25) is 5.96 Å². The Morgan fingerprint density at radius 1 is 1.62 bits per heavy atom. The van der Waals surface area contributed by atoms with Gasteiger partial charge in [-0.2, -0.15) is 4.99 Å². The third-order valence-corrected chi connectivity index (χ3v) is 3.01. The maximum Gasteiger partial charge on any atom is 0.335 e. The molecule has 7 heteroatoms. The van der Waals surface area contributed by atoms with Gasteiger partial charge in [-0.3, -0.25) is 4.79 Å². The Morgan fingerprint density at radius 3 is 3.06 bits per heavy atom. The Bertz CT molecular complexity index is 453. The predicted octanol–water partition coefficient (Wildman–Crippen LogP) is 0.0498. The average molecular weight is 239 g/mol. The third kappa shape index (κ3) is 1.73. The van der Waals surface area contributed by atoms with E-state index in [0.29, 0.717) is 5.04 Å². The molecule has 84 valence electrons. The molecule has 0 aromatic carbocycles. The fourth-order valence-electron chi connectivity index (χ4n) is 1.42. The number of amides is 1. The molecule has 2 aliphatic heterocycles. The van der Waals surface area contributed by atoms with E-state index in [4.69, 9.17) is 10.5 Å². The van der Waals surface area contributed by atoms with Gasteiger partial charge in [-0.1, -0.05) is 11.8 Å². The zero-order chi connectivity index (χ0) is 11.7. The van der Waals surface area contributed by atoms with Crippen LogP contribution in [-0.4, -0.2) is 29.5 Å². The van der Waals surface area contributed by atoms with E-state index in [2.05, 4.69) is 9.98 Å². The van der Waals surface area contributed by atoms with Crippen LogP contribution in [0.2, 0.25) is 0 Å². The molecule has 0 bridgehead atoms. The van der Waals surface area contributed by atoms with Gasteiger partial charge in [0.1, 0.15) is 5.92 Å². The van der Waals surface area contributed by atoms with Crippen molar-refractivity contribution in [3.63, 3.8) is 0 Å². The van der Waals surface area contributed by atoms with Gasteiger partial charge in [-0.05, 0) is 12.3 Å². The predicted molar refractivity (Wildman–Crippen MR) is 59.9 cm³/mol. The standard InChI is InChI=1S/C9H9N3O3S/c1-2-15-8(14)4-3-16-7-5(4)6(13)11-9(10)12-7/h3,5H,2H2,1H3,(H2,10,11,13)/t5-/m0/s1. The van der Waals surface area contributed by atoms with E-state index in [1.165, 1.54) is 11.8 Å². The van der Waals surface area contributed by atoms with Crippen molar-refractivity contribution in [3.05, 3.63) is 11.0 Å². The molecular weight excluding hydrogens is 230 g/mol. The summed E-state index contributed by atoms with van der Waals surface area (Å²) >= 11 is 1.20. The first kappa shape index (κ1) is 10.9. The topological polar surface area (TPSA) is 94.1 Å². The number of guanidine groups is 1. The SMILES string of the molecule is CCOC(=O)C1=CSC2=NC(N)=NC(=O)[C@H]12. The second-order valence-corrected chi connectivity index (χ2v) is 3.99. The molecule has 0 aromatic rings. The number of rotatable bonds is 2. The van der Waals surface area contributed by atoms with E-state index in [9.17, 15) is 9.59 Å². The van der Waals surface area contributed by atoms with Crippen molar-refractivity contribution >= 4 is 34.6 Å². The lowest BCUT2D eigenvalue weighted by atomic mass is 10.0. The summed E-state index contributed by atoms with van der Waals surface area (Å²) in [4.78, 5) is 30.6. The first-order chi connectivity index (χ1) is 7.63. The average Bonchev–Trinajstić information content (AvgIpc) is 2.61. The number of carbonyl (C=O) groups excluding carboxylic acids is 2.